The van der Waals surface area contributed by atoms with Crippen LogP contribution in [0.3, 0.4) is 0 Å². The predicted octanol–water partition coefficient (Wildman–Crippen LogP) is 2.35. The first-order chi connectivity index (χ1) is 11.9. The molecule has 3 rings (SSSR count). The Morgan fingerprint density at radius 3 is 2.60 bits per heavy atom. The van der Waals surface area contributed by atoms with E-state index in [1.165, 1.54) is 0 Å². The van der Waals surface area contributed by atoms with Crippen molar-refractivity contribution in [2.24, 2.45) is 4.99 Å². The average molecular weight is 383 g/mol. The quantitative estimate of drug-likeness (QED) is 0.728. The van der Waals surface area contributed by atoms with Crippen molar-refractivity contribution in [2.75, 3.05) is 29.6 Å². The maximum absolute atomic E-state index is 11.8. The summed E-state index contributed by atoms with van der Waals surface area (Å²) in [4.78, 5) is 18.5. The van der Waals surface area contributed by atoms with Crippen molar-refractivity contribution in [1.29, 1.82) is 0 Å². The zero-order valence-corrected chi connectivity index (χ0v) is 16.0. The monoisotopic (exact) mass is 382 g/mol. The lowest BCUT2D eigenvalue weighted by atomic mass is 10.2. The summed E-state index contributed by atoms with van der Waals surface area (Å²) in [6.45, 7) is 5.01. The Bertz CT molecular complexity index is 774. The number of ether oxygens (including phenoxy) is 1. The van der Waals surface area contributed by atoms with Crippen LogP contribution in [0.4, 0.5) is 5.69 Å². The van der Waals surface area contributed by atoms with Gasteiger partial charge in [-0.15, -0.1) is 0 Å². The van der Waals surface area contributed by atoms with Gasteiger partial charge in [0.2, 0.25) is 0 Å². The second-order valence-electron chi connectivity index (χ2n) is 6.13. The second kappa shape index (κ2) is 7.37. The Morgan fingerprint density at radius 1 is 1.28 bits per heavy atom. The van der Waals surface area contributed by atoms with Crippen LogP contribution in [0.2, 0.25) is 0 Å². The highest BCUT2D eigenvalue weighted by atomic mass is 32.2. The number of benzene rings is 1. The van der Waals surface area contributed by atoms with Crippen LogP contribution in [0.1, 0.15) is 30.6 Å². The molecule has 0 saturated carbocycles. The van der Waals surface area contributed by atoms with Crippen LogP contribution in [0.25, 0.3) is 0 Å². The van der Waals surface area contributed by atoms with E-state index >= 15 is 0 Å². The van der Waals surface area contributed by atoms with Crippen LogP contribution in [-0.2, 0) is 14.6 Å². The van der Waals surface area contributed by atoms with Gasteiger partial charge in [0.05, 0.1) is 29.7 Å². The summed E-state index contributed by atoms with van der Waals surface area (Å²) in [5.41, 5.74) is 1.47. The number of hydrogen-bond donors (Lipinski definition) is 0. The number of anilines is 1. The Balaban J connectivity index is 1.79. The molecule has 0 amide bonds. The number of rotatable bonds is 5. The van der Waals surface area contributed by atoms with E-state index < -0.39 is 9.84 Å². The van der Waals surface area contributed by atoms with Crippen LogP contribution >= 0.6 is 11.8 Å². The molecule has 1 saturated heterocycles. The van der Waals surface area contributed by atoms with Gasteiger partial charge in [-0.05, 0) is 37.6 Å². The van der Waals surface area contributed by atoms with E-state index in [4.69, 9.17) is 4.74 Å². The van der Waals surface area contributed by atoms with Gasteiger partial charge in [0.1, 0.15) is 0 Å². The summed E-state index contributed by atoms with van der Waals surface area (Å²) in [6.07, 6.45) is 0.937. The second-order valence-corrected chi connectivity index (χ2v) is 9.49. The first-order valence-corrected chi connectivity index (χ1v) is 11.1. The topological polar surface area (TPSA) is 76.0 Å². The molecule has 0 bridgehead atoms. The highest BCUT2D eigenvalue weighted by molar-refractivity contribution is 8.15. The highest BCUT2D eigenvalue weighted by Crippen LogP contribution is 2.36. The number of amidine groups is 1. The van der Waals surface area contributed by atoms with Gasteiger partial charge in [0.25, 0.3) is 0 Å². The van der Waals surface area contributed by atoms with Crippen molar-refractivity contribution >= 4 is 38.4 Å². The van der Waals surface area contributed by atoms with Crippen LogP contribution in [-0.4, -0.2) is 55.5 Å². The van der Waals surface area contributed by atoms with E-state index in [1.807, 2.05) is 12.1 Å². The van der Waals surface area contributed by atoms with Crippen molar-refractivity contribution in [3.63, 3.8) is 0 Å². The van der Waals surface area contributed by atoms with Crippen molar-refractivity contribution in [1.82, 2.24) is 0 Å². The predicted molar refractivity (Wildman–Crippen MR) is 101 cm³/mol. The Hall–Kier alpha value is -1.54. The lowest BCUT2D eigenvalue weighted by molar-refractivity contribution is 0.0526. The minimum Gasteiger partial charge on any atom is -0.462 e. The molecule has 1 aromatic carbocycles. The molecule has 0 radical (unpaired) electrons. The molecule has 25 heavy (non-hydrogen) atoms. The van der Waals surface area contributed by atoms with Crippen LogP contribution in [0.15, 0.2) is 29.3 Å². The maximum atomic E-state index is 11.8. The van der Waals surface area contributed by atoms with Crippen LogP contribution in [0, 0.1) is 0 Å². The number of nitrogens with zero attached hydrogens (tertiary/aromatic N) is 2. The third-order valence-corrected chi connectivity index (χ3v) is 7.42. The van der Waals surface area contributed by atoms with Gasteiger partial charge in [-0.3, -0.25) is 4.99 Å². The first kappa shape index (κ1) is 18.3. The number of carbonyl (C=O) groups excluding carboxylic acids is 1. The van der Waals surface area contributed by atoms with Gasteiger partial charge in [-0.2, -0.15) is 0 Å². The molecule has 2 unspecified atom stereocenters. The SMILES string of the molecule is CCCN(C1=NC2CS(=O)(=O)CC2S1)c1ccc(C(=O)OCC)cc1. The van der Waals surface area contributed by atoms with Gasteiger partial charge in [-0.25, -0.2) is 13.2 Å². The molecule has 2 atom stereocenters. The molecule has 0 aliphatic carbocycles. The van der Waals surface area contributed by atoms with E-state index in [-0.39, 0.29) is 28.8 Å². The summed E-state index contributed by atoms with van der Waals surface area (Å²) in [7, 11) is -2.95. The molecular formula is C17H22N2O4S2. The molecule has 1 fully saturated rings. The molecule has 0 aromatic heterocycles. The number of esters is 1. The molecule has 0 spiro atoms. The molecule has 2 heterocycles. The number of sulfone groups is 1. The van der Waals surface area contributed by atoms with Crippen LogP contribution in [0.5, 0.6) is 0 Å². The highest BCUT2D eigenvalue weighted by Gasteiger charge is 2.43. The molecule has 2 aliphatic heterocycles. The molecule has 6 nitrogen and oxygen atoms in total. The normalized spacial score (nSPS) is 23.8. The van der Waals surface area contributed by atoms with Gasteiger partial charge < -0.3 is 9.64 Å². The van der Waals surface area contributed by atoms with E-state index in [1.54, 1.807) is 30.8 Å². The van der Waals surface area contributed by atoms with Crippen molar-refractivity contribution in [3.8, 4) is 0 Å². The van der Waals surface area contributed by atoms with Gasteiger partial charge in [-0.1, -0.05) is 18.7 Å². The fourth-order valence-corrected chi connectivity index (χ4v) is 6.83. The first-order valence-electron chi connectivity index (χ1n) is 8.43. The Kier molecular flexibility index (Phi) is 5.38. The third kappa shape index (κ3) is 4.00. The largest absolute Gasteiger partial charge is 0.462 e. The fraction of sp³-hybridized carbons (Fsp3) is 0.529. The number of aliphatic imine (C=N–C) groups is 1. The average Bonchev–Trinajstić information content (AvgIpc) is 3.06. The fourth-order valence-electron chi connectivity index (χ4n) is 3.02. The molecule has 2 aliphatic rings. The number of hydrogen-bond acceptors (Lipinski definition) is 7. The Morgan fingerprint density at radius 2 is 2.00 bits per heavy atom. The van der Waals surface area contributed by atoms with E-state index in [0.29, 0.717) is 12.2 Å². The zero-order valence-electron chi connectivity index (χ0n) is 14.3. The summed E-state index contributed by atoms with van der Waals surface area (Å²) in [5, 5.41) is 0.897. The number of fused-ring (bicyclic) bond motifs is 1. The minimum atomic E-state index is -2.95. The van der Waals surface area contributed by atoms with Gasteiger partial charge in [0, 0.05) is 17.5 Å². The lowest BCUT2D eigenvalue weighted by Crippen LogP contribution is -2.29. The lowest BCUT2D eigenvalue weighted by Gasteiger charge is -2.24. The summed E-state index contributed by atoms with van der Waals surface area (Å²) < 4.78 is 28.5. The molecular weight excluding hydrogens is 360 g/mol. The smallest absolute Gasteiger partial charge is 0.338 e. The zero-order chi connectivity index (χ0) is 18.0. The number of thioether (sulfide) groups is 1. The number of carbonyl (C=O) groups is 1. The Labute approximate surface area is 152 Å². The molecule has 0 N–H and O–H groups in total. The van der Waals surface area contributed by atoms with E-state index in [2.05, 4.69) is 16.8 Å². The summed E-state index contributed by atoms with van der Waals surface area (Å²) >= 11 is 1.55. The van der Waals surface area contributed by atoms with Crippen molar-refractivity contribution in [3.05, 3.63) is 29.8 Å². The molecule has 1 aromatic rings. The third-order valence-electron chi connectivity index (χ3n) is 4.17. The van der Waals surface area contributed by atoms with Gasteiger partial charge in [0.15, 0.2) is 15.0 Å². The molecule has 136 valence electrons. The minimum absolute atomic E-state index is 0.0261. The van der Waals surface area contributed by atoms with E-state index in [9.17, 15) is 13.2 Å². The summed E-state index contributed by atoms with van der Waals surface area (Å²) in [5.74, 6) is 0.0240. The van der Waals surface area contributed by atoms with Crippen molar-refractivity contribution in [2.45, 2.75) is 31.6 Å². The maximum Gasteiger partial charge on any atom is 0.338 e. The van der Waals surface area contributed by atoms with E-state index in [0.717, 1.165) is 23.8 Å². The summed E-state index contributed by atoms with van der Waals surface area (Å²) in [6, 6.07) is 7.14. The molecule has 8 heteroatoms. The van der Waals surface area contributed by atoms with Gasteiger partial charge >= 0.3 is 5.97 Å². The van der Waals surface area contributed by atoms with Crippen LogP contribution < -0.4 is 4.90 Å². The standard InChI is InChI=1S/C17H22N2O4S2/c1-3-9-19(13-7-5-12(6-8-13)16(20)23-4-2)17-18-14-10-25(21,22)11-15(14)24-17/h5-8,14-15H,3-4,9-11H2,1-2H3. The van der Waals surface area contributed by atoms with Crippen molar-refractivity contribution < 1.29 is 17.9 Å².